The highest BCUT2D eigenvalue weighted by atomic mass is 32.1. The molecule has 0 fully saturated rings. The SMILES string of the molecule is COc1ccc(-c2cn3c(C(=O)NCCC(c4ccccc4)c4ccccc4)csc3n2)cc1. The van der Waals surface area contributed by atoms with Crippen LogP contribution >= 0.6 is 11.3 Å². The predicted octanol–water partition coefficient (Wildman–Crippen LogP) is 6.02. The summed E-state index contributed by atoms with van der Waals surface area (Å²) in [6.45, 7) is 0.574. The van der Waals surface area contributed by atoms with Gasteiger partial charge in [0.15, 0.2) is 4.96 Å². The van der Waals surface area contributed by atoms with Crippen molar-refractivity contribution < 1.29 is 9.53 Å². The van der Waals surface area contributed by atoms with Gasteiger partial charge in [-0.25, -0.2) is 4.98 Å². The number of hydrogen-bond donors (Lipinski definition) is 1. The van der Waals surface area contributed by atoms with E-state index in [1.807, 2.05) is 52.4 Å². The molecule has 3 aromatic carbocycles. The average Bonchev–Trinajstić information content (AvgIpc) is 3.49. The normalized spacial score (nSPS) is 11.1. The molecular formula is C28H25N3O2S. The number of thiazole rings is 1. The third kappa shape index (κ3) is 4.58. The minimum atomic E-state index is -0.0928. The maximum Gasteiger partial charge on any atom is 0.269 e. The van der Waals surface area contributed by atoms with E-state index in [-0.39, 0.29) is 11.8 Å². The molecule has 2 heterocycles. The number of carbonyl (C=O) groups excluding carboxylic acids is 1. The van der Waals surface area contributed by atoms with Crippen LogP contribution in [0.5, 0.6) is 5.75 Å². The van der Waals surface area contributed by atoms with Gasteiger partial charge in [0.25, 0.3) is 5.91 Å². The van der Waals surface area contributed by atoms with Crippen LogP contribution in [0.4, 0.5) is 0 Å². The highest BCUT2D eigenvalue weighted by Gasteiger charge is 2.17. The summed E-state index contributed by atoms with van der Waals surface area (Å²) in [6.07, 6.45) is 2.73. The number of methoxy groups -OCH3 is 1. The van der Waals surface area contributed by atoms with Crippen molar-refractivity contribution in [2.45, 2.75) is 12.3 Å². The van der Waals surface area contributed by atoms with Crippen molar-refractivity contribution in [1.82, 2.24) is 14.7 Å². The molecule has 170 valence electrons. The van der Waals surface area contributed by atoms with Crippen molar-refractivity contribution in [3.63, 3.8) is 0 Å². The van der Waals surface area contributed by atoms with E-state index in [0.29, 0.717) is 12.2 Å². The number of aromatic nitrogens is 2. The maximum atomic E-state index is 13.0. The zero-order valence-corrected chi connectivity index (χ0v) is 19.7. The van der Waals surface area contributed by atoms with E-state index >= 15 is 0 Å². The highest BCUT2D eigenvalue weighted by molar-refractivity contribution is 7.15. The number of fused-ring (bicyclic) bond motifs is 1. The Hall–Kier alpha value is -3.90. The Balaban J connectivity index is 1.30. The molecule has 5 rings (SSSR count). The van der Waals surface area contributed by atoms with E-state index in [9.17, 15) is 4.79 Å². The van der Waals surface area contributed by atoms with Gasteiger partial charge >= 0.3 is 0 Å². The van der Waals surface area contributed by atoms with Crippen molar-refractivity contribution in [2.75, 3.05) is 13.7 Å². The van der Waals surface area contributed by atoms with Crippen LogP contribution in [0.25, 0.3) is 16.2 Å². The van der Waals surface area contributed by atoms with Crippen molar-refractivity contribution in [2.24, 2.45) is 0 Å². The lowest BCUT2D eigenvalue weighted by atomic mass is 9.88. The van der Waals surface area contributed by atoms with Crippen LogP contribution < -0.4 is 10.1 Å². The lowest BCUT2D eigenvalue weighted by Crippen LogP contribution is -2.26. The zero-order chi connectivity index (χ0) is 23.3. The highest BCUT2D eigenvalue weighted by Crippen LogP contribution is 2.28. The number of benzene rings is 3. The number of amides is 1. The van der Waals surface area contributed by atoms with E-state index in [4.69, 9.17) is 9.72 Å². The molecule has 0 aliphatic rings. The third-order valence-electron chi connectivity index (χ3n) is 5.95. The molecule has 0 unspecified atom stereocenters. The van der Waals surface area contributed by atoms with Crippen LogP contribution in [-0.4, -0.2) is 28.9 Å². The first-order valence-electron chi connectivity index (χ1n) is 11.2. The number of imidazole rings is 1. The van der Waals surface area contributed by atoms with Gasteiger partial charge in [0.2, 0.25) is 0 Å². The molecule has 0 spiro atoms. The third-order valence-corrected chi connectivity index (χ3v) is 6.79. The molecule has 2 aromatic heterocycles. The molecule has 1 amide bonds. The van der Waals surface area contributed by atoms with Gasteiger partial charge in [0.1, 0.15) is 11.4 Å². The van der Waals surface area contributed by atoms with Gasteiger partial charge in [-0.1, -0.05) is 60.7 Å². The quantitative estimate of drug-likeness (QED) is 0.303. The van der Waals surface area contributed by atoms with E-state index in [0.717, 1.165) is 28.4 Å². The summed E-state index contributed by atoms with van der Waals surface area (Å²) in [5, 5.41) is 4.98. The number of carbonyl (C=O) groups is 1. The van der Waals surface area contributed by atoms with Crippen LogP contribution in [0.1, 0.15) is 34.0 Å². The number of nitrogens with zero attached hydrogens (tertiary/aromatic N) is 2. The number of nitrogens with one attached hydrogen (secondary N) is 1. The molecule has 0 atom stereocenters. The lowest BCUT2D eigenvalue weighted by molar-refractivity contribution is 0.0947. The minimum Gasteiger partial charge on any atom is -0.497 e. The van der Waals surface area contributed by atoms with Gasteiger partial charge in [-0.3, -0.25) is 9.20 Å². The van der Waals surface area contributed by atoms with E-state index in [2.05, 4.69) is 53.8 Å². The molecule has 0 bridgehead atoms. The summed E-state index contributed by atoms with van der Waals surface area (Å²) in [5.74, 6) is 0.930. The van der Waals surface area contributed by atoms with Gasteiger partial charge in [-0.15, -0.1) is 11.3 Å². The molecule has 34 heavy (non-hydrogen) atoms. The Bertz CT molecular complexity index is 1340. The van der Waals surface area contributed by atoms with Gasteiger partial charge in [0.05, 0.1) is 12.8 Å². The summed E-state index contributed by atoms with van der Waals surface area (Å²) in [6, 6.07) is 28.6. The molecule has 0 saturated carbocycles. The molecule has 6 heteroatoms. The molecular weight excluding hydrogens is 442 g/mol. The monoisotopic (exact) mass is 467 g/mol. The summed E-state index contributed by atoms with van der Waals surface area (Å²) >= 11 is 1.47. The standard InChI is InChI=1S/C28H25N3O2S/c1-33-23-14-12-22(13-15-23)25-18-31-26(19-34-28(31)30-25)27(32)29-17-16-24(20-8-4-2-5-9-20)21-10-6-3-7-11-21/h2-15,18-19,24H,16-17H2,1H3,(H,29,32). The van der Waals surface area contributed by atoms with Crippen LogP contribution in [0.2, 0.25) is 0 Å². The second-order valence-electron chi connectivity index (χ2n) is 8.05. The van der Waals surface area contributed by atoms with Gasteiger partial charge in [-0.2, -0.15) is 0 Å². The fraction of sp³-hybridized carbons (Fsp3) is 0.143. The van der Waals surface area contributed by atoms with Gasteiger partial charge in [-0.05, 0) is 41.8 Å². The molecule has 0 aliphatic heterocycles. The van der Waals surface area contributed by atoms with Crippen molar-refractivity contribution in [3.05, 3.63) is 113 Å². The molecule has 0 aliphatic carbocycles. The van der Waals surface area contributed by atoms with Gasteiger partial charge in [0, 0.05) is 29.6 Å². The zero-order valence-electron chi connectivity index (χ0n) is 18.8. The Morgan fingerprint density at radius 1 is 0.971 bits per heavy atom. The molecule has 0 radical (unpaired) electrons. The Morgan fingerprint density at radius 2 is 1.62 bits per heavy atom. The number of ether oxygens (including phenoxy) is 1. The van der Waals surface area contributed by atoms with Gasteiger partial charge < -0.3 is 10.1 Å². The smallest absolute Gasteiger partial charge is 0.269 e. The number of hydrogen-bond acceptors (Lipinski definition) is 4. The average molecular weight is 468 g/mol. The summed E-state index contributed by atoms with van der Waals surface area (Å²) in [4.78, 5) is 18.5. The first-order chi connectivity index (χ1) is 16.7. The molecule has 5 nitrogen and oxygen atoms in total. The van der Waals surface area contributed by atoms with E-state index in [1.165, 1.54) is 22.5 Å². The van der Waals surface area contributed by atoms with E-state index in [1.54, 1.807) is 7.11 Å². The molecule has 1 N–H and O–H groups in total. The Morgan fingerprint density at radius 3 is 2.24 bits per heavy atom. The summed E-state index contributed by atoms with van der Waals surface area (Å²) in [7, 11) is 1.65. The fourth-order valence-electron chi connectivity index (χ4n) is 4.17. The maximum absolute atomic E-state index is 13.0. The van der Waals surface area contributed by atoms with Crippen molar-refractivity contribution >= 4 is 22.2 Å². The predicted molar refractivity (Wildman–Crippen MR) is 137 cm³/mol. The molecule has 5 aromatic rings. The van der Waals surface area contributed by atoms with Crippen LogP contribution in [0.3, 0.4) is 0 Å². The van der Waals surface area contributed by atoms with Crippen molar-refractivity contribution in [3.8, 4) is 17.0 Å². The largest absolute Gasteiger partial charge is 0.497 e. The first-order valence-corrected chi connectivity index (χ1v) is 12.1. The summed E-state index contributed by atoms with van der Waals surface area (Å²) in [5.41, 5.74) is 4.91. The fourth-order valence-corrected chi connectivity index (χ4v) is 5.02. The Labute approximate surface area is 202 Å². The minimum absolute atomic E-state index is 0.0928. The second kappa shape index (κ2) is 9.93. The van der Waals surface area contributed by atoms with Crippen molar-refractivity contribution in [1.29, 1.82) is 0 Å². The summed E-state index contributed by atoms with van der Waals surface area (Å²) < 4.78 is 7.10. The van der Waals surface area contributed by atoms with Crippen LogP contribution in [0.15, 0.2) is 96.5 Å². The van der Waals surface area contributed by atoms with E-state index < -0.39 is 0 Å². The number of rotatable bonds is 8. The second-order valence-corrected chi connectivity index (χ2v) is 8.88. The molecule has 0 saturated heterocycles. The topological polar surface area (TPSA) is 55.6 Å². The first kappa shape index (κ1) is 21.9. The van der Waals surface area contributed by atoms with Crippen LogP contribution in [0, 0.1) is 0 Å². The lowest BCUT2D eigenvalue weighted by Gasteiger charge is -2.18. The Kier molecular flexibility index (Phi) is 6.40. The van der Waals surface area contributed by atoms with Crippen LogP contribution in [-0.2, 0) is 0 Å².